The van der Waals surface area contributed by atoms with Gasteiger partial charge in [-0.05, 0) is 99.0 Å². The summed E-state index contributed by atoms with van der Waals surface area (Å²) in [6.45, 7) is 7.60. The summed E-state index contributed by atoms with van der Waals surface area (Å²) in [7, 11) is 3.33. The summed E-state index contributed by atoms with van der Waals surface area (Å²) < 4.78 is 7.47. The number of likely N-dealkylation sites (tertiary alicyclic amines) is 1. The van der Waals surface area contributed by atoms with Crippen molar-refractivity contribution >= 4 is 29.2 Å². The summed E-state index contributed by atoms with van der Waals surface area (Å²) in [5.41, 5.74) is 7.39. The maximum Gasteiger partial charge on any atom is 0.306 e. The van der Waals surface area contributed by atoms with Crippen molar-refractivity contribution in [3.63, 3.8) is 0 Å². The van der Waals surface area contributed by atoms with Gasteiger partial charge in [0.1, 0.15) is 5.56 Å². The number of amides is 1. The Bertz CT molecular complexity index is 1960. The Hall–Kier alpha value is -4.47. The maximum absolute atomic E-state index is 13.3. The number of carbonyl (C=O) groups is 2. The molecule has 0 radical (unpaired) electrons. The quantitative estimate of drug-likeness (QED) is 0.200. The van der Waals surface area contributed by atoms with Gasteiger partial charge >= 0.3 is 5.97 Å². The molecule has 2 atom stereocenters. The van der Waals surface area contributed by atoms with Crippen LogP contribution in [0.15, 0.2) is 59.4 Å². The number of pyridine rings is 2. The molecule has 0 bridgehead atoms. The number of carboxylic acids is 1. The molecule has 1 aliphatic heterocycles. The monoisotopic (exact) mass is 682 g/mol. The Balaban J connectivity index is 1.33. The molecule has 49 heavy (non-hydrogen) atoms. The molecule has 2 aliphatic rings. The van der Waals surface area contributed by atoms with Gasteiger partial charge in [-0.3, -0.25) is 19.3 Å². The van der Waals surface area contributed by atoms with Crippen molar-refractivity contribution in [1.82, 2.24) is 14.5 Å². The summed E-state index contributed by atoms with van der Waals surface area (Å²) in [6, 6.07) is 17.1. The van der Waals surface area contributed by atoms with Crippen LogP contribution in [0, 0.1) is 18.8 Å². The lowest BCUT2D eigenvalue weighted by Gasteiger charge is -2.43. The van der Waals surface area contributed by atoms with Crippen LogP contribution in [0.1, 0.15) is 71.9 Å². The number of aliphatic carboxylic acids is 1. The van der Waals surface area contributed by atoms with Crippen molar-refractivity contribution in [2.24, 2.45) is 18.9 Å². The van der Waals surface area contributed by atoms with Gasteiger partial charge in [0.05, 0.1) is 23.7 Å². The number of ether oxygens (including phenoxy) is 1. The highest BCUT2D eigenvalue weighted by molar-refractivity contribution is 6.36. The maximum atomic E-state index is 13.3. The zero-order chi connectivity index (χ0) is 35.0. The van der Waals surface area contributed by atoms with Crippen LogP contribution in [-0.2, 0) is 24.7 Å². The van der Waals surface area contributed by atoms with E-state index in [4.69, 9.17) is 21.3 Å². The Morgan fingerprint density at radius 3 is 2.43 bits per heavy atom. The zero-order valence-corrected chi connectivity index (χ0v) is 29.4. The normalized spacial score (nSPS) is 18.2. The first-order valence-electron chi connectivity index (χ1n) is 17.0. The van der Waals surface area contributed by atoms with Crippen LogP contribution in [0.4, 0.5) is 5.69 Å². The van der Waals surface area contributed by atoms with Crippen LogP contribution in [0.3, 0.4) is 0 Å². The number of halogens is 1. The fourth-order valence-electron chi connectivity index (χ4n) is 7.58. The molecule has 1 fully saturated rings. The predicted molar refractivity (Wildman–Crippen MR) is 193 cm³/mol. The highest BCUT2D eigenvalue weighted by Crippen LogP contribution is 2.46. The number of benzene rings is 2. The smallest absolute Gasteiger partial charge is 0.306 e. The molecule has 10 heteroatoms. The van der Waals surface area contributed by atoms with Crippen LogP contribution in [-0.4, -0.2) is 51.6 Å². The van der Waals surface area contributed by atoms with E-state index in [-0.39, 0.29) is 23.1 Å². The lowest BCUT2D eigenvalue weighted by atomic mass is 9.78. The fourth-order valence-corrected chi connectivity index (χ4v) is 7.91. The molecule has 6 rings (SSSR count). The van der Waals surface area contributed by atoms with E-state index in [2.05, 4.69) is 23.2 Å². The standard InChI is InChI=1S/C39H43ClN4O5/c1-6-26-15-16-30(38(46)43(26)4)36(45)41-31-12-8-9-27(23(31)3)28-10-7-11-29(34(28)40)32-21-25-14-13-22(2)35(33(25)37(42-32)49-5)44-19-17-24(18-20-44)39(47)48/h7-12,15-16,21-22,24,35H,6,13-14,17-20H2,1-5H3,(H,41,45)(H,47,48)/t22?,35-/m0/s1. The zero-order valence-electron chi connectivity index (χ0n) is 28.7. The summed E-state index contributed by atoms with van der Waals surface area (Å²) in [5.74, 6) is -0.524. The number of aromatic nitrogens is 2. The molecule has 2 N–H and O–H groups in total. The molecule has 3 heterocycles. The first kappa shape index (κ1) is 34.4. The van der Waals surface area contributed by atoms with Gasteiger partial charge in [-0.1, -0.05) is 55.8 Å². The van der Waals surface area contributed by atoms with Crippen LogP contribution >= 0.6 is 11.6 Å². The predicted octanol–water partition coefficient (Wildman–Crippen LogP) is 7.32. The summed E-state index contributed by atoms with van der Waals surface area (Å²) in [5, 5.41) is 13.0. The first-order chi connectivity index (χ1) is 23.5. The number of nitrogens with one attached hydrogen (secondary N) is 1. The van der Waals surface area contributed by atoms with Crippen molar-refractivity contribution < 1.29 is 19.4 Å². The second kappa shape index (κ2) is 14.2. The third-order valence-electron chi connectivity index (χ3n) is 10.4. The molecule has 2 aromatic carbocycles. The lowest BCUT2D eigenvalue weighted by molar-refractivity contribution is -0.143. The highest BCUT2D eigenvalue weighted by Gasteiger charge is 2.38. The number of hydrogen-bond donors (Lipinski definition) is 2. The van der Waals surface area contributed by atoms with Gasteiger partial charge in [-0.25, -0.2) is 4.98 Å². The number of hydrogen-bond acceptors (Lipinski definition) is 6. The van der Waals surface area contributed by atoms with Crippen molar-refractivity contribution in [1.29, 1.82) is 0 Å². The van der Waals surface area contributed by atoms with Crippen molar-refractivity contribution in [3.8, 4) is 28.3 Å². The Labute approximate surface area is 291 Å². The fraction of sp³-hybridized carbons (Fsp3) is 0.385. The minimum absolute atomic E-state index is 0.0818. The number of piperidine rings is 1. The highest BCUT2D eigenvalue weighted by atomic mass is 35.5. The van der Waals surface area contributed by atoms with E-state index in [0.29, 0.717) is 47.5 Å². The number of anilines is 1. The van der Waals surface area contributed by atoms with E-state index in [1.54, 1.807) is 26.3 Å². The van der Waals surface area contributed by atoms with Crippen LogP contribution in [0.5, 0.6) is 5.88 Å². The number of fused-ring (bicyclic) bond motifs is 1. The number of carbonyl (C=O) groups excluding carboxylic acids is 1. The van der Waals surface area contributed by atoms with Crippen molar-refractivity contribution in [2.75, 3.05) is 25.5 Å². The Morgan fingerprint density at radius 1 is 1.04 bits per heavy atom. The van der Waals surface area contributed by atoms with Crippen LogP contribution < -0.4 is 15.6 Å². The third kappa shape index (κ3) is 6.49. The molecular formula is C39H43ClN4O5. The van der Waals surface area contributed by atoms with Gasteiger partial charge < -0.3 is 19.7 Å². The molecular weight excluding hydrogens is 640 g/mol. The van der Waals surface area contributed by atoms with E-state index < -0.39 is 11.9 Å². The molecule has 1 aliphatic carbocycles. The Morgan fingerprint density at radius 2 is 1.73 bits per heavy atom. The van der Waals surface area contributed by atoms with Gasteiger partial charge in [0.2, 0.25) is 5.88 Å². The summed E-state index contributed by atoms with van der Waals surface area (Å²) in [4.78, 5) is 45.2. The van der Waals surface area contributed by atoms with Gasteiger partial charge in [-0.15, -0.1) is 0 Å². The molecule has 4 aromatic rings. The van der Waals surface area contributed by atoms with E-state index in [0.717, 1.165) is 59.4 Å². The van der Waals surface area contributed by atoms with Crippen LogP contribution in [0.2, 0.25) is 5.02 Å². The van der Waals surface area contributed by atoms with Crippen LogP contribution in [0.25, 0.3) is 22.4 Å². The summed E-state index contributed by atoms with van der Waals surface area (Å²) in [6.07, 6.45) is 3.85. The van der Waals surface area contributed by atoms with Gasteiger partial charge in [0.25, 0.3) is 11.5 Å². The minimum Gasteiger partial charge on any atom is -0.481 e. The van der Waals surface area contributed by atoms with Gasteiger partial charge in [0, 0.05) is 41.2 Å². The Kier molecular flexibility index (Phi) is 9.95. The molecule has 1 amide bonds. The van der Waals surface area contributed by atoms with E-state index in [9.17, 15) is 19.5 Å². The third-order valence-corrected chi connectivity index (χ3v) is 10.8. The number of carboxylic acid groups (broad SMARTS) is 1. The van der Waals surface area contributed by atoms with Gasteiger partial charge in [0.15, 0.2) is 0 Å². The van der Waals surface area contributed by atoms with E-state index >= 15 is 0 Å². The average Bonchev–Trinajstić information content (AvgIpc) is 3.10. The van der Waals surface area contributed by atoms with E-state index in [1.165, 1.54) is 10.1 Å². The first-order valence-corrected chi connectivity index (χ1v) is 17.4. The number of aryl methyl sites for hydroxylation is 2. The van der Waals surface area contributed by atoms with E-state index in [1.807, 2.05) is 50.2 Å². The summed E-state index contributed by atoms with van der Waals surface area (Å²) >= 11 is 7.19. The molecule has 1 saturated heterocycles. The second-order valence-electron chi connectivity index (χ2n) is 13.3. The average molecular weight is 683 g/mol. The topological polar surface area (TPSA) is 114 Å². The number of rotatable bonds is 8. The van der Waals surface area contributed by atoms with Gasteiger partial charge in [-0.2, -0.15) is 0 Å². The second-order valence-corrected chi connectivity index (χ2v) is 13.6. The molecule has 1 unspecified atom stereocenters. The minimum atomic E-state index is -0.712. The molecule has 9 nitrogen and oxygen atoms in total. The molecule has 2 aromatic heterocycles. The SMILES string of the molecule is CCc1ccc(C(=O)Nc2cccc(-c3cccc(-c4cc5c(c(OC)n4)[C@@H](N4CCC(C(=O)O)CC4)C(C)CC5)c3Cl)c2C)c(=O)n1C. The van der Waals surface area contributed by atoms with Crippen molar-refractivity contribution in [2.45, 2.75) is 58.9 Å². The molecule has 0 saturated carbocycles. The number of methoxy groups -OCH3 is 1. The molecule has 0 spiro atoms. The lowest BCUT2D eigenvalue weighted by Crippen LogP contribution is -2.42. The number of nitrogens with zero attached hydrogens (tertiary/aromatic N) is 3. The van der Waals surface area contributed by atoms with Crippen molar-refractivity contribution in [3.05, 3.63) is 97.9 Å². The molecule has 256 valence electrons. The largest absolute Gasteiger partial charge is 0.481 e.